The highest BCUT2D eigenvalue weighted by Crippen LogP contribution is 2.10. The summed E-state index contributed by atoms with van der Waals surface area (Å²) in [5, 5.41) is 1.37. The van der Waals surface area contributed by atoms with Crippen LogP contribution in [0.5, 0.6) is 0 Å². The molecule has 22 heavy (non-hydrogen) atoms. The Bertz CT molecular complexity index is 518. The number of nitrogens with zero attached hydrogens (tertiary/aromatic N) is 1. The molecular weight excluding hydrogens is 296 g/mol. The number of rotatable bonds is 3. The Balaban J connectivity index is 2.89. The molecule has 1 aromatic rings. The number of hydrogen-bond donors (Lipinski definition) is 1. The number of carbonyl (C=O) groups excluding carboxylic acids is 2. The third kappa shape index (κ3) is 6.75. The fourth-order valence-electron chi connectivity index (χ4n) is 1.78. The number of hydrogen-bond acceptors (Lipinski definition) is 3. The average molecular weight is 322 g/mol. The molecule has 1 N–H and O–H groups in total. The van der Waals surface area contributed by atoms with Crippen LogP contribution >= 0.6 is 0 Å². The number of nitrogens with one attached hydrogen (secondary N) is 1. The lowest BCUT2D eigenvalue weighted by Gasteiger charge is -2.30. The highest BCUT2D eigenvalue weighted by Gasteiger charge is 2.27. The molecule has 0 heterocycles. The van der Waals surface area contributed by atoms with E-state index in [1.54, 1.807) is 45.0 Å². The van der Waals surface area contributed by atoms with Crippen LogP contribution in [0.3, 0.4) is 0 Å². The molecule has 1 aromatic carbocycles. The maximum absolute atomic E-state index is 12.6. The summed E-state index contributed by atoms with van der Waals surface area (Å²) >= 11 is 0. The summed E-state index contributed by atoms with van der Waals surface area (Å²) in [6.07, 6.45) is -0.102. The van der Waals surface area contributed by atoms with Crippen LogP contribution < -0.4 is 5.43 Å². The van der Waals surface area contributed by atoms with Crippen molar-refractivity contribution in [3.05, 3.63) is 35.9 Å². The Labute approximate surface area is 133 Å². The first-order chi connectivity index (χ1) is 9.98. The summed E-state index contributed by atoms with van der Waals surface area (Å²) in [6.45, 7) is 11.8. The smallest absolute Gasteiger partial charge is 0.426 e. The van der Waals surface area contributed by atoms with E-state index < -0.39 is 19.8 Å². The summed E-state index contributed by atoms with van der Waals surface area (Å²) in [6, 6.07) is 8.91. The topological polar surface area (TPSA) is 58.6 Å². The Kier molecular flexibility index (Phi) is 5.76. The van der Waals surface area contributed by atoms with Crippen LogP contribution in [-0.4, -0.2) is 36.9 Å². The van der Waals surface area contributed by atoms with E-state index >= 15 is 0 Å². The number of carbonyl (C=O) groups is 2. The zero-order chi connectivity index (χ0) is 17.0. The standard InChI is InChI=1S/C16H26N2O3Si/c1-16(2,3)21-15(20)17-18(12-22(4,5)6)14(19)13-10-8-7-9-11-13/h7-11H,12H2,1-6H3,(H,17,20). The normalized spacial score (nSPS) is 11.7. The minimum Gasteiger partial charge on any atom is -0.443 e. The van der Waals surface area contributed by atoms with Gasteiger partial charge < -0.3 is 4.74 Å². The van der Waals surface area contributed by atoms with E-state index in [0.717, 1.165) is 0 Å². The molecule has 0 aromatic heterocycles. The molecule has 2 amide bonds. The van der Waals surface area contributed by atoms with E-state index in [4.69, 9.17) is 4.74 Å². The van der Waals surface area contributed by atoms with Crippen molar-refractivity contribution in [3.63, 3.8) is 0 Å². The van der Waals surface area contributed by atoms with Gasteiger partial charge in [-0.1, -0.05) is 37.8 Å². The highest BCUT2D eigenvalue weighted by atomic mass is 28.3. The van der Waals surface area contributed by atoms with Gasteiger partial charge in [-0.05, 0) is 32.9 Å². The minimum atomic E-state index is -1.61. The molecule has 0 saturated carbocycles. The van der Waals surface area contributed by atoms with Crippen molar-refractivity contribution in [1.82, 2.24) is 10.4 Å². The summed E-state index contributed by atoms with van der Waals surface area (Å²) < 4.78 is 5.24. The van der Waals surface area contributed by atoms with Crippen LogP contribution in [0, 0.1) is 0 Å². The highest BCUT2D eigenvalue weighted by molar-refractivity contribution is 6.76. The van der Waals surface area contributed by atoms with Crippen molar-refractivity contribution in [3.8, 4) is 0 Å². The molecule has 122 valence electrons. The fraction of sp³-hybridized carbons (Fsp3) is 0.500. The van der Waals surface area contributed by atoms with Gasteiger partial charge >= 0.3 is 6.09 Å². The van der Waals surface area contributed by atoms with E-state index in [1.807, 2.05) is 6.07 Å². The predicted octanol–water partition coefficient (Wildman–Crippen LogP) is 3.45. The Morgan fingerprint density at radius 3 is 2.14 bits per heavy atom. The van der Waals surface area contributed by atoms with Crippen LogP contribution in [0.1, 0.15) is 31.1 Å². The van der Waals surface area contributed by atoms with E-state index in [9.17, 15) is 9.59 Å². The SMILES string of the molecule is CC(C)(C)OC(=O)NN(C[Si](C)(C)C)C(=O)c1ccccc1. The van der Waals surface area contributed by atoms with Crippen LogP contribution in [-0.2, 0) is 4.74 Å². The molecule has 0 fully saturated rings. The Hall–Kier alpha value is -1.82. The van der Waals surface area contributed by atoms with E-state index in [0.29, 0.717) is 11.7 Å². The van der Waals surface area contributed by atoms with Crippen LogP contribution in [0.25, 0.3) is 0 Å². The van der Waals surface area contributed by atoms with Crippen molar-refractivity contribution < 1.29 is 14.3 Å². The Morgan fingerprint density at radius 2 is 1.68 bits per heavy atom. The van der Waals surface area contributed by atoms with E-state index in [1.165, 1.54) is 5.01 Å². The molecule has 0 aliphatic rings. The van der Waals surface area contributed by atoms with Gasteiger partial charge in [-0.15, -0.1) is 0 Å². The molecule has 0 atom stereocenters. The zero-order valence-corrected chi connectivity index (χ0v) is 15.3. The van der Waals surface area contributed by atoms with Gasteiger partial charge in [0.25, 0.3) is 5.91 Å². The second-order valence-corrected chi connectivity index (χ2v) is 12.9. The lowest BCUT2D eigenvalue weighted by atomic mass is 10.2. The quantitative estimate of drug-likeness (QED) is 0.685. The van der Waals surface area contributed by atoms with Gasteiger partial charge in [0.05, 0.1) is 8.07 Å². The van der Waals surface area contributed by atoms with Gasteiger partial charge in [0.2, 0.25) is 0 Å². The number of ether oxygens (including phenoxy) is 1. The van der Waals surface area contributed by atoms with Gasteiger partial charge in [0.1, 0.15) is 5.60 Å². The first-order valence-electron chi connectivity index (χ1n) is 7.34. The van der Waals surface area contributed by atoms with Gasteiger partial charge in [-0.2, -0.15) is 0 Å². The predicted molar refractivity (Wildman–Crippen MR) is 90.2 cm³/mol. The average Bonchev–Trinajstić information content (AvgIpc) is 2.34. The molecule has 1 rings (SSSR count). The van der Waals surface area contributed by atoms with Crippen LogP contribution in [0.4, 0.5) is 4.79 Å². The van der Waals surface area contributed by atoms with Gasteiger partial charge in [-0.25, -0.2) is 10.2 Å². The van der Waals surface area contributed by atoms with Crippen molar-refractivity contribution in [2.24, 2.45) is 0 Å². The van der Waals surface area contributed by atoms with Gasteiger partial charge in [0.15, 0.2) is 0 Å². The molecule has 0 aliphatic carbocycles. The largest absolute Gasteiger partial charge is 0.443 e. The maximum Gasteiger partial charge on any atom is 0.426 e. The molecule has 6 heteroatoms. The number of hydrazine groups is 1. The van der Waals surface area contributed by atoms with Crippen LogP contribution in [0.2, 0.25) is 19.6 Å². The number of amides is 2. The van der Waals surface area contributed by atoms with Gasteiger partial charge in [0, 0.05) is 11.7 Å². The first-order valence-corrected chi connectivity index (χ1v) is 11.1. The van der Waals surface area contributed by atoms with E-state index in [2.05, 4.69) is 25.1 Å². The molecule has 0 radical (unpaired) electrons. The zero-order valence-electron chi connectivity index (χ0n) is 14.3. The van der Waals surface area contributed by atoms with Crippen molar-refractivity contribution in [1.29, 1.82) is 0 Å². The lowest BCUT2D eigenvalue weighted by molar-refractivity contribution is 0.0319. The number of benzene rings is 1. The van der Waals surface area contributed by atoms with Gasteiger partial charge in [-0.3, -0.25) is 9.80 Å². The van der Waals surface area contributed by atoms with Crippen molar-refractivity contribution in [2.75, 3.05) is 6.17 Å². The second kappa shape index (κ2) is 6.96. The fourth-order valence-corrected chi connectivity index (χ4v) is 2.96. The molecule has 0 saturated heterocycles. The lowest BCUT2D eigenvalue weighted by Crippen LogP contribution is -2.53. The second-order valence-electron chi connectivity index (χ2n) is 7.43. The summed E-state index contributed by atoms with van der Waals surface area (Å²) in [7, 11) is -1.61. The third-order valence-electron chi connectivity index (χ3n) is 2.52. The monoisotopic (exact) mass is 322 g/mol. The molecule has 0 unspecified atom stereocenters. The maximum atomic E-state index is 12.6. The molecule has 0 spiro atoms. The third-order valence-corrected chi connectivity index (χ3v) is 3.79. The summed E-state index contributed by atoms with van der Waals surface area (Å²) in [5.41, 5.74) is 2.52. The molecule has 5 nitrogen and oxygen atoms in total. The van der Waals surface area contributed by atoms with Crippen molar-refractivity contribution in [2.45, 2.75) is 46.0 Å². The summed E-state index contributed by atoms with van der Waals surface area (Å²) in [5.74, 6) is -0.228. The summed E-state index contributed by atoms with van der Waals surface area (Å²) in [4.78, 5) is 24.6. The molecule has 0 bridgehead atoms. The molecule has 0 aliphatic heterocycles. The molecular formula is C16H26N2O3Si. The van der Waals surface area contributed by atoms with Crippen LogP contribution in [0.15, 0.2) is 30.3 Å². The minimum absolute atomic E-state index is 0.228. The Morgan fingerprint density at radius 1 is 1.14 bits per heavy atom. The van der Waals surface area contributed by atoms with E-state index in [-0.39, 0.29) is 5.91 Å². The van der Waals surface area contributed by atoms with Crippen molar-refractivity contribution >= 4 is 20.1 Å². The first kappa shape index (κ1) is 18.2.